The average Bonchev–Trinajstić information content (AvgIpc) is 2.95. The summed E-state index contributed by atoms with van der Waals surface area (Å²) in [6.45, 7) is 0. The fourth-order valence-electron chi connectivity index (χ4n) is 2.07. The van der Waals surface area contributed by atoms with Gasteiger partial charge in [-0.05, 0) is 47.8 Å². The lowest BCUT2D eigenvalue weighted by atomic mass is 10.2. The molecule has 0 aliphatic carbocycles. The van der Waals surface area contributed by atoms with E-state index in [9.17, 15) is 4.79 Å². The average molecular weight is 356 g/mol. The number of benzene rings is 1. The number of hydrogen-bond acceptors (Lipinski definition) is 4. The summed E-state index contributed by atoms with van der Waals surface area (Å²) in [5, 5.41) is 2.95. The molecule has 1 aliphatic heterocycles. The van der Waals surface area contributed by atoms with Gasteiger partial charge in [0.25, 0.3) is 5.91 Å². The molecule has 110 valence electrons. The van der Waals surface area contributed by atoms with E-state index in [1.807, 2.05) is 35.7 Å². The lowest BCUT2D eigenvalue weighted by molar-refractivity contribution is 0.103. The summed E-state index contributed by atoms with van der Waals surface area (Å²) in [5.41, 5.74) is 2.11. The fraction of sp³-hybridized carbons (Fsp3) is 0.267. The predicted octanol–water partition coefficient (Wildman–Crippen LogP) is 5.52. The molecule has 1 N–H and O–H groups in total. The second-order valence-corrected chi connectivity index (χ2v) is 9.05. The van der Waals surface area contributed by atoms with Crippen LogP contribution in [0.25, 0.3) is 0 Å². The van der Waals surface area contributed by atoms with Crippen molar-refractivity contribution in [2.24, 2.45) is 0 Å². The summed E-state index contributed by atoms with van der Waals surface area (Å²) < 4.78 is 1.11. The minimum atomic E-state index is -0.104. The van der Waals surface area contributed by atoms with Crippen LogP contribution in [-0.4, -0.2) is 17.4 Å². The molecule has 0 radical (unpaired) electrons. The zero-order chi connectivity index (χ0) is 14.7. The summed E-state index contributed by atoms with van der Waals surface area (Å²) in [7, 11) is 0. The molecule has 2 nitrogen and oxygen atoms in total. The molecule has 1 saturated heterocycles. The minimum Gasteiger partial charge on any atom is -0.321 e. The van der Waals surface area contributed by atoms with Crippen molar-refractivity contribution in [2.75, 3.05) is 16.8 Å². The molecule has 0 bridgehead atoms. The van der Waals surface area contributed by atoms with E-state index < -0.39 is 0 Å². The van der Waals surface area contributed by atoms with Crippen molar-refractivity contribution in [1.29, 1.82) is 0 Å². The second kappa shape index (κ2) is 7.09. The molecule has 1 aromatic carbocycles. The molecule has 1 aliphatic rings. The zero-order valence-electron chi connectivity index (χ0n) is 11.2. The first-order chi connectivity index (χ1) is 10.2. The van der Waals surface area contributed by atoms with E-state index in [0.717, 1.165) is 5.69 Å². The minimum absolute atomic E-state index is 0.104. The van der Waals surface area contributed by atoms with Crippen LogP contribution in [0, 0.1) is 0 Å². The van der Waals surface area contributed by atoms with E-state index in [2.05, 4.69) is 17.4 Å². The maximum atomic E-state index is 12.1. The third-order valence-electron chi connectivity index (χ3n) is 3.04. The van der Waals surface area contributed by atoms with Gasteiger partial charge in [0.1, 0.15) is 0 Å². The Labute approximate surface area is 141 Å². The number of hydrogen-bond donors (Lipinski definition) is 1. The van der Waals surface area contributed by atoms with E-state index in [4.69, 9.17) is 11.6 Å². The molecule has 0 spiro atoms. The Morgan fingerprint density at radius 3 is 2.71 bits per heavy atom. The third kappa shape index (κ3) is 3.97. The van der Waals surface area contributed by atoms with Crippen LogP contribution in [0.1, 0.15) is 26.2 Å². The first-order valence-corrected chi connectivity index (χ1v) is 9.91. The molecule has 1 fully saturated rings. The molecule has 2 heterocycles. The smallest absolute Gasteiger partial charge is 0.265 e. The number of thioether (sulfide) groups is 2. The van der Waals surface area contributed by atoms with Crippen molar-refractivity contribution < 1.29 is 4.79 Å². The summed E-state index contributed by atoms with van der Waals surface area (Å²) in [5.74, 6) is 2.32. The highest BCUT2D eigenvalue weighted by molar-refractivity contribution is 8.16. The van der Waals surface area contributed by atoms with Gasteiger partial charge in [-0.1, -0.05) is 23.7 Å². The quantitative estimate of drug-likeness (QED) is 0.785. The van der Waals surface area contributed by atoms with Crippen molar-refractivity contribution in [3.05, 3.63) is 51.2 Å². The molecule has 3 rings (SSSR count). The normalized spacial score (nSPS) is 15.9. The Morgan fingerprint density at radius 1 is 1.19 bits per heavy atom. The summed E-state index contributed by atoms with van der Waals surface area (Å²) in [6, 6.07) is 11.6. The number of carbonyl (C=O) groups is 1. The molecule has 1 aromatic heterocycles. The van der Waals surface area contributed by atoms with Gasteiger partial charge in [-0.15, -0.1) is 34.9 Å². The standard InChI is InChI=1S/C15H14ClNOS3/c16-13-6-5-12(21-13)14(18)17-11-4-1-3-10(9-11)15-19-7-2-8-20-15/h1,3-6,9,15H,2,7-8H2,(H,17,18). The number of halogens is 1. The molecule has 6 heteroatoms. The van der Waals surface area contributed by atoms with Crippen molar-refractivity contribution in [3.63, 3.8) is 0 Å². The largest absolute Gasteiger partial charge is 0.321 e. The Hall–Kier alpha value is -0.620. The van der Waals surface area contributed by atoms with E-state index in [-0.39, 0.29) is 5.91 Å². The maximum Gasteiger partial charge on any atom is 0.265 e. The SMILES string of the molecule is O=C(Nc1cccc(C2SCCCS2)c1)c1ccc(Cl)s1. The molecule has 2 aromatic rings. The van der Waals surface area contributed by atoms with Crippen LogP contribution < -0.4 is 5.32 Å². The Morgan fingerprint density at radius 2 is 2.00 bits per heavy atom. The van der Waals surface area contributed by atoms with E-state index in [1.165, 1.54) is 34.8 Å². The molecule has 1 amide bonds. The highest BCUT2D eigenvalue weighted by Crippen LogP contribution is 2.44. The zero-order valence-corrected chi connectivity index (χ0v) is 14.4. The molecule has 0 atom stereocenters. The molecular formula is C15H14ClNOS3. The summed E-state index contributed by atoms with van der Waals surface area (Å²) in [4.78, 5) is 12.8. The molecule has 21 heavy (non-hydrogen) atoms. The topological polar surface area (TPSA) is 29.1 Å². The van der Waals surface area contributed by atoms with Gasteiger partial charge in [0.05, 0.1) is 13.8 Å². The molecular weight excluding hydrogens is 342 g/mol. The fourth-order valence-corrected chi connectivity index (χ4v) is 5.88. The van der Waals surface area contributed by atoms with Crippen LogP contribution in [0.3, 0.4) is 0 Å². The number of thiophene rings is 1. The lowest BCUT2D eigenvalue weighted by Gasteiger charge is -2.21. The van der Waals surface area contributed by atoms with E-state index >= 15 is 0 Å². The Balaban J connectivity index is 1.72. The maximum absolute atomic E-state index is 12.1. The van der Waals surface area contributed by atoms with Crippen molar-refractivity contribution in [2.45, 2.75) is 11.0 Å². The van der Waals surface area contributed by atoms with Crippen molar-refractivity contribution >= 4 is 58.1 Å². The van der Waals surface area contributed by atoms with E-state index in [1.54, 1.807) is 12.1 Å². The lowest BCUT2D eigenvalue weighted by Crippen LogP contribution is -2.10. The van der Waals surface area contributed by atoms with Gasteiger partial charge in [0, 0.05) is 5.69 Å². The van der Waals surface area contributed by atoms with Gasteiger partial charge in [-0.3, -0.25) is 4.79 Å². The number of carbonyl (C=O) groups excluding carboxylic acids is 1. The van der Waals surface area contributed by atoms with E-state index in [0.29, 0.717) is 13.8 Å². The van der Waals surface area contributed by atoms with Crippen LogP contribution in [0.15, 0.2) is 36.4 Å². The summed E-state index contributed by atoms with van der Waals surface area (Å²) >= 11 is 11.1. The van der Waals surface area contributed by atoms with Crippen LogP contribution in [0.4, 0.5) is 5.69 Å². The number of nitrogens with one attached hydrogen (secondary N) is 1. The van der Waals surface area contributed by atoms with Crippen LogP contribution >= 0.6 is 46.5 Å². The van der Waals surface area contributed by atoms with Crippen molar-refractivity contribution in [3.8, 4) is 0 Å². The highest BCUT2D eigenvalue weighted by atomic mass is 35.5. The van der Waals surface area contributed by atoms with Crippen LogP contribution in [-0.2, 0) is 0 Å². The third-order valence-corrected chi connectivity index (χ3v) is 7.29. The summed E-state index contributed by atoms with van der Waals surface area (Å²) in [6.07, 6.45) is 1.28. The van der Waals surface area contributed by atoms with Gasteiger partial charge >= 0.3 is 0 Å². The predicted molar refractivity (Wildman–Crippen MR) is 96.0 cm³/mol. The highest BCUT2D eigenvalue weighted by Gasteiger charge is 2.17. The molecule has 0 saturated carbocycles. The number of anilines is 1. The van der Waals surface area contributed by atoms with Gasteiger partial charge in [0.15, 0.2) is 0 Å². The monoisotopic (exact) mass is 355 g/mol. The first-order valence-electron chi connectivity index (χ1n) is 6.62. The van der Waals surface area contributed by atoms with Crippen molar-refractivity contribution in [1.82, 2.24) is 0 Å². The van der Waals surface area contributed by atoms with Gasteiger partial charge in [0.2, 0.25) is 0 Å². The number of amides is 1. The van der Waals surface area contributed by atoms with Crippen LogP contribution in [0.2, 0.25) is 4.34 Å². The Kier molecular flexibility index (Phi) is 5.16. The second-order valence-electron chi connectivity index (χ2n) is 4.61. The number of rotatable bonds is 3. The van der Waals surface area contributed by atoms with Gasteiger partial charge in [-0.2, -0.15) is 0 Å². The Bertz CT molecular complexity index is 637. The van der Waals surface area contributed by atoms with Gasteiger partial charge in [-0.25, -0.2) is 0 Å². The first kappa shape index (κ1) is 15.3. The van der Waals surface area contributed by atoms with Gasteiger partial charge < -0.3 is 5.32 Å². The van der Waals surface area contributed by atoms with Crippen LogP contribution in [0.5, 0.6) is 0 Å². The molecule has 0 unspecified atom stereocenters.